The molecule has 1 aliphatic rings. The number of aromatic nitrogens is 1. The summed E-state index contributed by atoms with van der Waals surface area (Å²) in [5, 5.41) is 20.0. The van der Waals surface area contributed by atoms with E-state index in [2.05, 4.69) is 15.8 Å². The van der Waals surface area contributed by atoms with Crippen LogP contribution in [0.2, 0.25) is 0 Å². The van der Waals surface area contributed by atoms with Crippen molar-refractivity contribution in [1.29, 1.82) is 0 Å². The van der Waals surface area contributed by atoms with Crippen molar-refractivity contribution in [3.05, 3.63) is 48.0 Å². The number of fused-ring (bicyclic) bond motifs is 1. The van der Waals surface area contributed by atoms with Gasteiger partial charge in [-0.05, 0) is 68.4 Å². The van der Waals surface area contributed by atoms with Gasteiger partial charge in [-0.3, -0.25) is 4.79 Å². The molecule has 0 atom stereocenters. The highest BCUT2D eigenvalue weighted by Crippen LogP contribution is 2.30. The van der Waals surface area contributed by atoms with Gasteiger partial charge in [-0.1, -0.05) is 5.16 Å². The molecule has 1 amide bonds. The van der Waals surface area contributed by atoms with Crippen molar-refractivity contribution in [3.63, 3.8) is 0 Å². The third-order valence-electron chi connectivity index (χ3n) is 4.85. The number of benzene rings is 2. The molecule has 27 heavy (non-hydrogen) atoms. The van der Waals surface area contributed by atoms with Crippen LogP contribution in [0.15, 0.2) is 47.0 Å². The number of amides is 1. The molecule has 7 nitrogen and oxygen atoms in total. The van der Waals surface area contributed by atoms with Gasteiger partial charge in [-0.2, -0.15) is 0 Å². The SMILES string of the molecule is O=C(O)c1ccc2noc(-c3ccc(NC(=O)C4CCNCC4)cc3)c2c1. The molecule has 0 unspecified atom stereocenters. The van der Waals surface area contributed by atoms with Crippen molar-refractivity contribution < 1.29 is 19.2 Å². The Labute approximate surface area is 155 Å². The molecule has 3 N–H and O–H groups in total. The number of carbonyl (C=O) groups is 2. The van der Waals surface area contributed by atoms with E-state index in [4.69, 9.17) is 4.52 Å². The summed E-state index contributed by atoms with van der Waals surface area (Å²) in [5.74, 6) is -0.414. The first-order valence-electron chi connectivity index (χ1n) is 8.86. The van der Waals surface area contributed by atoms with E-state index in [0.29, 0.717) is 16.7 Å². The van der Waals surface area contributed by atoms with Crippen molar-refractivity contribution in [2.24, 2.45) is 5.92 Å². The lowest BCUT2D eigenvalue weighted by Crippen LogP contribution is -2.34. The molecule has 3 aromatic rings. The zero-order chi connectivity index (χ0) is 18.8. The van der Waals surface area contributed by atoms with Gasteiger partial charge in [0.2, 0.25) is 5.91 Å². The second kappa shape index (κ2) is 7.20. The summed E-state index contributed by atoms with van der Waals surface area (Å²) in [6, 6.07) is 11.9. The molecule has 1 aliphatic heterocycles. The highest BCUT2D eigenvalue weighted by Gasteiger charge is 2.21. The minimum atomic E-state index is -1.000. The zero-order valence-corrected chi connectivity index (χ0v) is 14.6. The minimum absolute atomic E-state index is 0.0404. The van der Waals surface area contributed by atoms with Gasteiger partial charge in [0, 0.05) is 17.2 Å². The summed E-state index contributed by atoms with van der Waals surface area (Å²) in [7, 11) is 0. The third kappa shape index (κ3) is 3.54. The second-order valence-electron chi connectivity index (χ2n) is 6.64. The lowest BCUT2D eigenvalue weighted by Gasteiger charge is -2.21. The fraction of sp³-hybridized carbons (Fsp3) is 0.250. The van der Waals surface area contributed by atoms with Gasteiger partial charge < -0.3 is 20.3 Å². The van der Waals surface area contributed by atoms with E-state index in [1.807, 2.05) is 24.3 Å². The molecule has 2 heterocycles. The first kappa shape index (κ1) is 17.2. The normalized spacial score (nSPS) is 15.0. The Balaban J connectivity index is 1.55. The van der Waals surface area contributed by atoms with Gasteiger partial charge in [-0.15, -0.1) is 0 Å². The average Bonchev–Trinajstić information content (AvgIpc) is 3.12. The molecular formula is C20H19N3O4. The number of carboxylic acid groups (broad SMARTS) is 1. The summed E-state index contributed by atoms with van der Waals surface area (Å²) >= 11 is 0. The van der Waals surface area contributed by atoms with Crippen molar-refractivity contribution in [2.45, 2.75) is 12.8 Å². The highest BCUT2D eigenvalue weighted by molar-refractivity contribution is 5.98. The average molecular weight is 365 g/mol. The van der Waals surface area contributed by atoms with Crippen LogP contribution in [-0.4, -0.2) is 35.2 Å². The molecule has 0 aliphatic carbocycles. The molecule has 0 bridgehead atoms. The van der Waals surface area contributed by atoms with E-state index < -0.39 is 5.97 Å². The van der Waals surface area contributed by atoms with E-state index in [9.17, 15) is 14.7 Å². The largest absolute Gasteiger partial charge is 0.478 e. The Morgan fingerprint density at radius 1 is 1.11 bits per heavy atom. The fourth-order valence-corrected chi connectivity index (χ4v) is 3.32. The summed E-state index contributed by atoms with van der Waals surface area (Å²) in [5.41, 5.74) is 2.26. The van der Waals surface area contributed by atoms with Crippen LogP contribution >= 0.6 is 0 Å². The molecule has 138 valence electrons. The van der Waals surface area contributed by atoms with Gasteiger partial charge >= 0.3 is 5.97 Å². The Bertz CT molecular complexity index is 988. The molecule has 0 spiro atoms. The number of carbonyl (C=O) groups excluding carboxylic acids is 1. The summed E-state index contributed by atoms with van der Waals surface area (Å²) in [6.45, 7) is 1.74. The quantitative estimate of drug-likeness (QED) is 0.656. The molecule has 2 aromatic carbocycles. The Morgan fingerprint density at radius 3 is 2.56 bits per heavy atom. The number of hydrogen-bond donors (Lipinski definition) is 3. The number of piperidine rings is 1. The van der Waals surface area contributed by atoms with E-state index in [1.54, 1.807) is 12.1 Å². The van der Waals surface area contributed by atoms with Crippen LogP contribution in [0.3, 0.4) is 0 Å². The molecule has 1 aromatic heterocycles. The first-order chi connectivity index (χ1) is 13.1. The minimum Gasteiger partial charge on any atom is -0.478 e. The molecule has 0 radical (unpaired) electrons. The Kier molecular flexibility index (Phi) is 4.60. The second-order valence-corrected chi connectivity index (χ2v) is 6.64. The van der Waals surface area contributed by atoms with Crippen molar-refractivity contribution in [3.8, 4) is 11.3 Å². The predicted molar refractivity (Wildman–Crippen MR) is 101 cm³/mol. The summed E-state index contributed by atoms with van der Waals surface area (Å²) in [4.78, 5) is 23.5. The number of aromatic carboxylic acids is 1. The van der Waals surface area contributed by atoms with Gasteiger partial charge in [0.25, 0.3) is 0 Å². The van der Waals surface area contributed by atoms with E-state index in [1.165, 1.54) is 6.07 Å². The fourth-order valence-electron chi connectivity index (χ4n) is 3.32. The molecule has 1 saturated heterocycles. The maximum absolute atomic E-state index is 12.3. The molecule has 0 saturated carbocycles. The number of carboxylic acids is 1. The summed E-state index contributed by atoms with van der Waals surface area (Å²) < 4.78 is 5.41. The third-order valence-corrected chi connectivity index (χ3v) is 4.85. The standard InChI is InChI=1S/C20H19N3O4/c24-19(13-7-9-21-10-8-13)22-15-4-1-12(2-5-15)18-16-11-14(20(25)26)3-6-17(16)23-27-18/h1-6,11,13,21H,7-10H2,(H,22,24)(H,25,26). The van der Waals surface area contributed by atoms with Crippen LogP contribution in [0.25, 0.3) is 22.2 Å². The maximum atomic E-state index is 12.3. The van der Waals surface area contributed by atoms with Crippen LogP contribution < -0.4 is 10.6 Å². The van der Waals surface area contributed by atoms with Crippen molar-refractivity contribution in [1.82, 2.24) is 10.5 Å². The van der Waals surface area contributed by atoms with Crippen molar-refractivity contribution >= 4 is 28.5 Å². The number of rotatable bonds is 4. The number of anilines is 1. The van der Waals surface area contributed by atoms with Gasteiger partial charge in [0.1, 0.15) is 5.52 Å². The van der Waals surface area contributed by atoms with Crippen LogP contribution in [0.5, 0.6) is 0 Å². The number of nitrogens with one attached hydrogen (secondary N) is 2. The molecule has 4 rings (SSSR count). The smallest absolute Gasteiger partial charge is 0.335 e. The van der Waals surface area contributed by atoms with E-state index >= 15 is 0 Å². The van der Waals surface area contributed by atoms with Gasteiger partial charge in [0.05, 0.1) is 10.9 Å². The molecule has 1 fully saturated rings. The lowest BCUT2D eigenvalue weighted by atomic mass is 9.97. The maximum Gasteiger partial charge on any atom is 0.335 e. The van der Waals surface area contributed by atoms with Crippen LogP contribution in [0.4, 0.5) is 5.69 Å². The van der Waals surface area contributed by atoms with Crippen molar-refractivity contribution in [2.75, 3.05) is 18.4 Å². The van der Waals surface area contributed by atoms with Crippen LogP contribution in [0.1, 0.15) is 23.2 Å². The Hall–Kier alpha value is -3.19. The monoisotopic (exact) mass is 365 g/mol. The summed E-state index contributed by atoms with van der Waals surface area (Å²) in [6.07, 6.45) is 1.69. The Morgan fingerprint density at radius 2 is 1.85 bits per heavy atom. The van der Waals surface area contributed by atoms with Crippen LogP contribution in [-0.2, 0) is 4.79 Å². The van der Waals surface area contributed by atoms with Crippen LogP contribution in [0, 0.1) is 5.92 Å². The first-order valence-corrected chi connectivity index (χ1v) is 8.86. The van der Waals surface area contributed by atoms with Gasteiger partial charge in [-0.25, -0.2) is 4.79 Å². The topological polar surface area (TPSA) is 104 Å². The molecule has 7 heteroatoms. The number of hydrogen-bond acceptors (Lipinski definition) is 5. The van der Waals surface area contributed by atoms with E-state index in [0.717, 1.165) is 37.2 Å². The van der Waals surface area contributed by atoms with E-state index in [-0.39, 0.29) is 17.4 Å². The highest BCUT2D eigenvalue weighted by atomic mass is 16.5. The predicted octanol–water partition coefficient (Wildman–Crippen LogP) is 3.13. The lowest BCUT2D eigenvalue weighted by molar-refractivity contribution is -0.120. The zero-order valence-electron chi connectivity index (χ0n) is 14.6. The van der Waals surface area contributed by atoms with Gasteiger partial charge in [0.15, 0.2) is 5.76 Å². The number of nitrogens with zero attached hydrogens (tertiary/aromatic N) is 1. The molecular weight excluding hydrogens is 346 g/mol.